The van der Waals surface area contributed by atoms with Crippen molar-refractivity contribution in [2.24, 2.45) is 0 Å². The van der Waals surface area contributed by atoms with Gasteiger partial charge in [-0.3, -0.25) is 0 Å². The fraction of sp³-hybridized carbons (Fsp3) is 0.280. The summed E-state index contributed by atoms with van der Waals surface area (Å²) >= 11 is 7.12. The monoisotopic (exact) mass is 408 g/mol. The van der Waals surface area contributed by atoms with Crippen LogP contribution in [-0.4, -0.2) is 38.6 Å². The van der Waals surface area contributed by atoms with Crippen molar-refractivity contribution in [1.29, 1.82) is 0 Å². The van der Waals surface area contributed by atoms with Crippen LogP contribution in [0.4, 0.5) is 0 Å². The van der Waals surface area contributed by atoms with Crippen LogP contribution in [0.1, 0.15) is 16.7 Å². The molecule has 3 nitrogen and oxygen atoms in total. The summed E-state index contributed by atoms with van der Waals surface area (Å²) in [5, 5.41) is 0. The van der Waals surface area contributed by atoms with Gasteiger partial charge in [0.15, 0.2) is 0 Å². The zero-order valence-electron chi connectivity index (χ0n) is 16.2. The second kappa shape index (κ2) is 9.55. The average Bonchev–Trinajstić information content (AvgIpc) is 3.72. The lowest BCUT2D eigenvalue weighted by Gasteiger charge is -2.29. The predicted molar refractivity (Wildman–Crippen MR) is 115 cm³/mol. The maximum absolute atomic E-state index is 7.12. The summed E-state index contributed by atoms with van der Waals surface area (Å²) in [7, 11) is 0. The molecule has 2 aliphatic heterocycles. The molecule has 2 unspecified atom stereocenters. The standard InChI is InChI=1S/C19H15Cl.C6H10O3/c20-19(16-10-4-1-5-11-16,17-12-6-2-7-13-17)18-14-8-3-9-15-18;1(5-3-8-5)7-2-6-4-9-6/h1-15H;5-6H,1-4H2. The van der Waals surface area contributed by atoms with Gasteiger partial charge in [-0.05, 0) is 16.7 Å². The average molecular weight is 409 g/mol. The van der Waals surface area contributed by atoms with E-state index in [9.17, 15) is 0 Å². The van der Waals surface area contributed by atoms with Crippen molar-refractivity contribution in [2.75, 3.05) is 26.4 Å². The van der Waals surface area contributed by atoms with Crippen LogP contribution in [0.2, 0.25) is 0 Å². The van der Waals surface area contributed by atoms with Crippen LogP contribution in [0.15, 0.2) is 91.0 Å². The molecule has 2 fully saturated rings. The maximum Gasteiger partial charge on any atom is 0.119 e. The van der Waals surface area contributed by atoms with E-state index in [1.807, 2.05) is 54.6 Å². The van der Waals surface area contributed by atoms with Crippen molar-refractivity contribution in [3.63, 3.8) is 0 Å². The molecule has 0 saturated carbocycles. The topological polar surface area (TPSA) is 34.3 Å². The minimum absolute atomic E-state index is 0.392. The van der Waals surface area contributed by atoms with E-state index in [4.69, 9.17) is 25.8 Å². The molecule has 2 heterocycles. The Hall–Kier alpha value is -2.17. The van der Waals surface area contributed by atoms with E-state index >= 15 is 0 Å². The smallest absolute Gasteiger partial charge is 0.119 e. The normalized spacial score (nSPS) is 19.8. The molecule has 0 spiro atoms. The Kier molecular flexibility index (Phi) is 6.63. The van der Waals surface area contributed by atoms with Gasteiger partial charge in [0, 0.05) is 0 Å². The highest BCUT2D eigenvalue weighted by atomic mass is 35.5. The largest absolute Gasteiger partial charge is 0.376 e. The fourth-order valence-corrected chi connectivity index (χ4v) is 3.54. The van der Waals surface area contributed by atoms with Crippen LogP contribution in [0.3, 0.4) is 0 Å². The molecule has 0 bridgehead atoms. The van der Waals surface area contributed by atoms with Gasteiger partial charge in [-0.1, -0.05) is 91.0 Å². The molecule has 4 heteroatoms. The molecule has 0 N–H and O–H groups in total. The molecule has 0 aromatic heterocycles. The summed E-state index contributed by atoms with van der Waals surface area (Å²) in [5.74, 6) is 0. The molecule has 3 aromatic rings. The molecule has 5 rings (SSSR count). The fourth-order valence-electron chi connectivity index (χ4n) is 3.16. The first-order valence-electron chi connectivity index (χ1n) is 9.93. The number of hydrogen-bond donors (Lipinski definition) is 0. The van der Waals surface area contributed by atoms with Crippen molar-refractivity contribution < 1.29 is 14.2 Å². The molecule has 2 atom stereocenters. The van der Waals surface area contributed by atoms with E-state index in [1.165, 1.54) is 0 Å². The van der Waals surface area contributed by atoms with E-state index < -0.39 is 4.87 Å². The van der Waals surface area contributed by atoms with E-state index in [0.29, 0.717) is 12.2 Å². The SMILES string of the molecule is C(OCC1CO1)C1CO1.ClC(c1ccccc1)(c1ccccc1)c1ccccc1. The van der Waals surface area contributed by atoms with Crippen LogP contribution in [-0.2, 0) is 19.1 Å². The third kappa shape index (κ3) is 5.46. The van der Waals surface area contributed by atoms with Crippen LogP contribution >= 0.6 is 11.6 Å². The molecule has 0 radical (unpaired) electrons. The van der Waals surface area contributed by atoms with Gasteiger partial charge in [-0.2, -0.15) is 0 Å². The Morgan fingerprint density at radius 1 is 0.655 bits per heavy atom. The van der Waals surface area contributed by atoms with Gasteiger partial charge < -0.3 is 14.2 Å². The number of benzene rings is 3. The van der Waals surface area contributed by atoms with Gasteiger partial charge in [0.05, 0.1) is 26.4 Å². The molecule has 0 amide bonds. The second-order valence-corrected chi connectivity index (χ2v) is 7.77. The summed E-state index contributed by atoms with van der Waals surface area (Å²) < 4.78 is 15.1. The van der Waals surface area contributed by atoms with Crippen molar-refractivity contribution in [3.05, 3.63) is 108 Å². The van der Waals surface area contributed by atoms with Crippen molar-refractivity contribution in [2.45, 2.75) is 17.1 Å². The molecule has 3 aromatic carbocycles. The third-order valence-electron chi connectivity index (χ3n) is 4.93. The Morgan fingerprint density at radius 2 is 0.966 bits per heavy atom. The minimum atomic E-state index is -0.649. The second-order valence-electron chi connectivity index (χ2n) is 7.20. The zero-order valence-corrected chi connectivity index (χ0v) is 17.0. The Labute approximate surface area is 177 Å². The molecular weight excluding hydrogens is 384 g/mol. The summed E-state index contributed by atoms with van der Waals surface area (Å²) in [6.07, 6.45) is 0.785. The number of ether oxygens (including phenoxy) is 3. The lowest BCUT2D eigenvalue weighted by molar-refractivity contribution is 0.102. The first kappa shape index (κ1) is 20.1. The van der Waals surface area contributed by atoms with Crippen LogP contribution < -0.4 is 0 Å². The summed E-state index contributed by atoms with van der Waals surface area (Å²) in [6, 6.07) is 30.6. The molecular formula is C25H25ClO3. The van der Waals surface area contributed by atoms with Crippen LogP contribution in [0.5, 0.6) is 0 Å². The Morgan fingerprint density at radius 3 is 1.24 bits per heavy atom. The van der Waals surface area contributed by atoms with E-state index in [0.717, 1.165) is 43.1 Å². The van der Waals surface area contributed by atoms with Crippen molar-refractivity contribution in [1.82, 2.24) is 0 Å². The lowest BCUT2D eigenvalue weighted by Crippen LogP contribution is -2.22. The molecule has 2 aliphatic rings. The highest BCUT2D eigenvalue weighted by Gasteiger charge is 2.33. The van der Waals surface area contributed by atoms with Gasteiger partial charge in [0.1, 0.15) is 17.1 Å². The summed E-state index contributed by atoms with van der Waals surface area (Å²) in [4.78, 5) is -0.649. The Balaban J connectivity index is 0.000000188. The first-order valence-corrected chi connectivity index (χ1v) is 10.3. The van der Waals surface area contributed by atoms with Gasteiger partial charge >= 0.3 is 0 Å². The molecule has 2 saturated heterocycles. The number of halogens is 1. The van der Waals surface area contributed by atoms with Crippen molar-refractivity contribution >= 4 is 11.6 Å². The minimum Gasteiger partial charge on any atom is -0.376 e. The van der Waals surface area contributed by atoms with Crippen LogP contribution in [0.25, 0.3) is 0 Å². The number of rotatable bonds is 7. The highest BCUT2D eigenvalue weighted by Crippen LogP contribution is 2.42. The van der Waals surface area contributed by atoms with Gasteiger partial charge in [-0.25, -0.2) is 0 Å². The van der Waals surface area contributed by atoms with Gasteiger partial charge in [0.25, 0.3) is 0 Å². The third-order valence-corrected chi connectivity index (χ3v) is 5.58. The van der Waals surface area contributed by atoms with E-state index in [2.05, 4.69) is 36.4 Å². The van der Waals surface area contributed by atoms with Gasteiger partial charge in [-0.15, -0.1) is 11.6 Å². The predicted octanol–water partition coefficient (Wildman–Crippen LogP) is 5.02. The quantitative estimate of drug-likeness (QED) is 0.313. The zero-order chi connectivity index (χ0) is 19.9. The highest BCUT2D eigenvalue weighted by molar-refractivity contribution is 6.28. The van der Waals surface area contributed by atoms with Crippen LogP contribution in [0, 0.1) is 0 Å². The summed E-state index contributed by atoms with van der Waals surface area (Å²) in [5.41, 5.74) is 3.25. The van der Waals surface area contributed by atoms with Crippen molar-refractivity contribution in [3.8, 4) is 0 Å². The number of alkyl halides is 1. The number of hydrogen-bond acceptors (Lipinski definition) is 3. The first-order chi connectivity index (χ1) is 14.3. The van der Waals surface area contributed by atoms with Gasteiger partial charge in [0.2, 0.25) is 0 Å². The molecule has 150 valence electrons. The maximum atomic E-state index is 7.12. The van der Waals surface area contributed by atoms with E-state index in [-0.39, 0.29) is 0 Å². The molecule has 0 aliphatic carbocycles. The van der Waals surface area contributed by atoms with E-state index in [1.54, 1.807) is 0 Å². The Bertz CT molecular complexity index is 754. The molecule has 29 heavy (non-hydrogen) atoms. The number of epoxide rings is 2. The summed E-state index contributed by atoms with van der Waals surface area (Å²) in [6.45, 7) is 3.26. The lowest BCUT2D eigenvalue weighted by atomic mass is 9.84.